The van der Waals surface area contributed by atoms with Crippen LogP contribution in [0.1, 0.15) is 5.56 Å². The molecule has 0 fully saturated rings. The zero-order valence-electron chi connectivity index (χ0n) is 10.8. The first kappa shape index (κ1) is 14.3. The summed E-state index contributed by atoms with van der Waals surface area (Å²) < 4.78 is 45.8. The number of ether oxygens (including phenoxy) is 1. The Kier molecular flexibility index (Phi) is 3.80. The van der Waals surface area contributed by atoms with Crippen molar-refractivity contribution in [3.63, 3.8) is 0 Å². The molecule has 110 valence electrons. The van der Waals surface area contributed by atoms with Crippen molar-refractivity contribution >= 4 is 21.6 Å². The molecule has 2 aromatic rings. The third-order valence-corrected chi connectivity index (χ3v) is 3.77. The van der Waals surface area contributed by atoms with E-state index in [0.29, 0.717) is 13.0 Å². The quantitative estimate of drug-likeness (QED) is 0.827. The summed E-state index contributed by atoms with van der Waals surface area (Å²) in [4.78, 5) is 0. The molecule has 0 aliphatic carbocycles. The van der Waals surface area contributed by atoms with Crippen LogP contribution < -0.4 is 10.1 Å². The SMILES string of the molecule is Fc1cc(NCC2Cc3cc(Br)ccc3O2)cc(F)c1F. The van der Waals surface area contributed by atoms with E-state index in [0.717, 1.165) is 27.9 Å². The maximum Gasteiger partial charge on any atom is 0.194 e. The molecule has 0 saturated heterocycles. The van der Waals surface area contributed by atoms with E-state index in [1.54, 1.807) is 0 Å². The summed E-state index contributed by atoms with van der Waals surface area (Å²) >= 11 is 3.39. The molecule has 1 aliphatic rings. The van der Waals surface area contributed by atoms with Gasteiger partial charge in [-0.1, -0.05) is 15.9 Å². The van der Waals surface area contributed by atoms with Gasteiger partial charge in [-0.05, 0) is 23.8 Å². The Morgan fingerprint density at radius 1 is 1.14 bits per heavy atom. The van der Waals surface area contributed by atoms with Gasteiger partial charge in [-0.15, -0.1) is 0 Å². The molecule has 2 aromatic carbocycles. The molecule has 1 unspecified atom stereocenters. The predicted octanol–water partition coefficient (Wildman–Crippen LogP) is 4.28. The standard InChI is InChI=1S/C15H11BrF3NO/c16-9-1-2-14-8(3-9)4-11(21-14)7-20-10-5-12(17)15(19)13(18)6-10/h1-3,5-6,11,20H,4,7H2. The van der Waals surface area contributed by atoms with Crippen LogP contribution in [0.4, 0.5) is 18.9 Å². The van der Waals surface area contributed by atoms with Gasteiger partial charge in [0.05, 0.1) is 6.54 Å². The first-order valence-corrected chi connectivity index (χ1v) is 7.16. The van der Waals surface area contributed by atoms with E-state index in [1.807, 2.05) is 18.2 Å². The van der Waals surface area contributed by atoms with Crippen molar-refractivity contribution in [3.05, 3.63) is 57.8 Å². The van der Waals surface area contributed by atoms with Gasteiger partial charge in [-0.25, -0.2) is 13.2 Å². The maximum absolute atomic E-state index is 13.1. The van der Waals surface area contributed by atoms with E-state index < -0.39 is 17.5 Å². The minimum atomic E-state index is -1.46. The fourth-order valence-corrected chi connectivity index (χ4v) is 2.70. The highest BCUT2D eigenvalue weighted by Crippen LogP contribution is 2.31. The van der Waals surface area contributed by atoms with Gasteiger partial charge in [0.25, 0.3) is 0 Å². The second kappa shape index (κ2) is 5.60. The summed E-state index contributed by atoms with van der Waals surface area (Å²) in [5, 5.41) is 2.86. The highest BCUT2D eigenvalue weighted by molar-refractivity contribution is 9.10. The number of hydrogen-bond donors (Lipinski definition) is 1. The molecule has 6 heteroatoms. The number of nitrogens with one attached hydrogen (secondary N) is 1. The third kappa shape index (κ3) is 3.00. The average molecular weight is 358 g/mol. The molecule has 0 aromatic heterocycles. The molecule has 21 heavy (non-hydrogen) atoms. The van der Waals surface area contributed by atoms with E-state index in [2.05, 4.69) is 21.2 Å². The van der Waals surface area contributed by atoms with Gasteiger partial charge in [0, 0.05) is 28.7 Å². The van der Waals surface area contributed by atoms with E-state index >= 15 is 0 Å². The van der Waals surface area contributed by atoms with Crippen LogP contribution in [0.2, 0.25) is 0 Å². The maximum atomic E-state index is 13.1. The van der Waals surface area contributed by atoms with Crippen LogP contribution >= 0.6 is 15.9 Å². The molecule has 0 bridgehead atoms. The number of rotatable bonds is 3. The Balaban J connectivity index is 1.65. The van der Waals surface area contributed by atoms with Crippen molar-refractivity contribution in [1.29, 1.82) is 0 Å². The second-order valence-electron chi connectivity index (χ2n) is 4.83. The topological polar surface area (TPSA) is 21.3 Å². The summed E-state index contributed by atoms with van der Waals surface area (Å²) in [6, 6.07) is 7.59. The van der Waals surface area contributed by atoms with Gasteiger partial charge in [0.2, 0.25) is 0 Å². The van der Waals surface area contributed by atoms with Crippen LogP contribution in [0.3, 0.4) is 0 Å². The predicted molar refractivity (Wildman–Crippen MR) is 77.1 cm³/mol. The third-order valence-electron chi connectivity index (χ3n) is 3.28. The molecule has 0 radical (unpaired) electrons. The summed E-state index contributed by atoms with van der Waals surface area (Å²) in [6.07, 6.45) is 0.568. The number of hydrogen-bond acceptors (Lipinski definition) is 2. The Bertz CT molecular complexity index is 670. The van der Waals surface area contributed by atoms with Gasteiger partial charge >= 0.3 is 0 Å². The summed E-state index contributed by atoms with van der Waals surface area (Å²) in [5.74, 6) is -3.08. The van der Waals surface area contributed by atoms with Gasteiger partial charge in [-0.3, -0.25) is 0 Å². The monoisotopic (exact) mass is 357 g/mol. The van der Waals surface area contributed by atoms with Gasteiger partial charge < -0.3 is 10.1 Å². The van der Waals surface area contributed by atoms with Crippen molar-refractivity contribution in [3.8, 4) is 5.75 Å². The first-order chi connectivity index (χ1) is 10.0. The Morgan fingerprint density at radius 2 is 1.86 bits per heavy atom. The minimum absolute atomic E-state index is 0.134. The van der Waals surface area contributed by atoms with Crippen molar-refractivity contribution in [2.75, 3.05) is 11.9 Å². The molecule has 1 N–H and O–H groups in total. The lowest BCUT2D eigenvalue weighted by Gasteiger charge is -2.13. The molecule has 0 amide bonds. The average Bonchev–Trinajstić information content (AvgIpc) is 2.84. The smallest absolute Gasteiger partial charge is 0.194 e. The molecular formula is C15H11BrF3NO. The lowest BCUT2D eigenvalue weighted by Crippen LogP contribution is -2.24. The van der Waals surface area contributed by atoms with Crippen LogP contribution in [0.15, 0.2) is 34.8 Å². The second-order valence-corrected chi connectivity index (χ2v) is 5.75. The molecule has 3 rings (SSSR count). The fourth-order valence-electron chi connectivity index (χ4n) is 2.29. The van der Waals surface area contributed by atoms with Crippen molar-refractivity contribution in [1.82, 2.24) is 0 Å². The molecule has 0 spiro atoms. The normalized spacial score (nSPS) is 16.5. The van der Waals surface area contributed by atoms with Crippen LogP contribution in [0, 0.1) is 17.5 Å². The van der Waals surface area contributed by atoms with Gasteiger partial charge in [0.1, 0.15) is 11.9 Å². The molecular weight excluding hydrogens is 347 g/mol. The largest absolute Gasteiger partial charge is 0.488 e. The summed E-state index contributed by atoms with van der Waals surface area (Å²) in [5.41, 5.74) is 1.26. The molecule has 1 heterocycles. The summed E-state index contributed by atoms with van der Waals surface area (Å²) in [7, 11) is 0. The van der Waals surface area contributed by atoms with Crippen molar-refractivity contribution < 1.29 is 17.9 Å². The Hall–Kier alpha value is -1.69. The first-order valence-electron chi connectivity index (χ1n) is 6.36. The van der Waals surface area contributed by atoms with Gasteiger partial charge in [-0.2, -0.15) is 0 Å². The van der Waals surface area contributed by atoms with Crippen molar-refractivity contribution in [2.45, 2.75) is 12.5 Å². The van der Waals surface area contributed by atoms with E-state index in [4.69, 9.17) is 4.74 Å². The summed E-state index contributed by atoms with van der Waals surface area (Å²) in [6.45, 7) is 0.372. The van der Waals surface area contributed by atoms with Crippen LogP contribution in [-0.2, 0) is 6.42 Å². The fraction of sp³-hybridized carbons (Fsp3) is 0.200. The molecule has 0 saturated carbocycles. The number of benzene rings is 2. The van der Waals surface area contributed by atoms with Crippen LogP contribution in [-0.4, -0.2) is 12.6 Å². The van der Waals surface area contributed by atoms with E-state index in [-0.39, 0.29) is 11.8 Å². The Labute approximate surface area is 128 Å². The molecule has 1 atom stereocenters. The molecule has 1 aliphatic heterocycles. The highest BCUT2D eigenvalue weighted by atomic mass is 79.9. The Morgan fingerprint density at radius 3 is 2.57 bits per heavy atom. The zero-order valence-corrected chi connectivity index (χ0v) is 12.4. The van der Waals surface area contributed by atoms with E-state index in [1.165, 1.54) is 0 Å². The van der Waals surface area contributed by atoms with Gasteiger partial charge in [0.15, 0.2) is 17.5 Å². The zero-order chi connectivity index (χ0) is 15.0. The number of fused-ring (bicyclic) bond motifs is 1. The van der Waals surface area contributed by atoms with Crippen LogP contribution in [0.25, 0.3) is 0 Å². The lowest BCUT2D eigenvalue weighted by molar-refractivity contribution is 0.246. The van der Waals surface area contributed by atoms with Crippen molar-refractivity contribution in [2.24, 2.45) is 0 Å². The van der Waals surface area contributed by atoms with Crippen LogP contribution in [0.5, 0.6) is 5.75 Å². The van der Waals surface area contributed by atoms with E-state index in [9.17, 15) is 13.2 Å². The highest BCUT2D eigenvalue weighted by Gasteiger charge is 2.23. The lowest BCUT2D eigenvalue weighted by atomic mass is 10.1. The number of anilines is 1. The molecule has 2 nitrogen and oxygen atoms in total. The minimum Gasteiger partial charge on any atom is -0.488 e. The number of halogens is 4.